The van der Waals surface area contributed by atoms with Crippen LogP contribution in [0.15, 0.2) is 117 Å². The monoisotopic (exact) mass is 746 g/mol. The van der Waals surface area contributed by atoms with Gasteiger partial charge in [0.2, 0.25) is 0 Å². The van der Waals surface area contributed by atoms with Crippen LogP contribution in [0.5, 0.6) is 0 Å². The summed E-state index contributed by atoms with van der Waals surface area (Å²) in [5.41, 5.74) is 5.36. The molecule has 4 atom stereocenters. The molecular weight excluding hydrogens is 697 g/mol. The fourth-order valence-corrected chi connectivity index (χ4v) is 8.40. The maximum Gasteiger partial charge on any atom is 0.335 e. The highest BCUT2D eigenvalue weighted by molar-refractivity contribution is 8.00. The fourth-order valence-electron chi connectivity index (χ4n) is 6.21. The number of carboxylic acids is 2. The average Bonchev–Trinajstić information content (AvgIpc) is 3.10. The van der Waals surface area contributed by atoms with Gasteiger partial charge in [-0.25, -0.2) is 9.59 Å². The van der Waals surface area contributed by atoms with Crippen LogP contribution in [0.25, 0.3) is 0 Å². The SMILES string of the molecule is CC(CN(C)C)CN1c2ccccc2Sc2ccccc21.CC(CN(C)C)CN1c2ccccc2Sc2ccccc21.O=C(O)C(O)C(O)C(=O)O. The molecular formula is C40H50N4O6S2. The summed E-state index contributed by atoms with van der Waals surface area (Å²) in [7, 11) is 8.57. The van der Waals surface area contributed by atoms with Crippen molar-refractivity contribution >= 4 is 58.2 Å². The first-order chi connectivity index (χ1) is 24.8. The van der Waals surface area contributed by atoms with Crippen molar-refractivity contribution in [3.63, 3.8) is 0 Å². The Morgan fingerprint density at radius 2 is 0.788 bits per heavy atom. The predicted molar refractivity (Wildman–Crippen MR) is 211 cm³/mol. The third-order valence-corrected chi connectivity index (χ3v) is 10.5. The summed E-state index contributed by atoms with van der Waals surface area (Å²) < 4.78 is 0. The first-order valence-electron chi connectivity index (χ1n) is 17.1. The molecule has 6 rings (SSSR count). The molecule has 4 unspecified atom stereocenters. The van der Waals surface area contributed by atoms with Gasteiger partial charge in [-0.15, -0.1) is 0 Å². The van der Waals surface area contributed by atoms with E-state index in [1.165, 1.54) is 42.3 Å². The van der Waals surface area contributed by atoms with Gasteiger partial charge in [-0.2, -0.15) is 0 Å². The molecule has 0 saturated carbocycles. The van der Waals surface area contributed by atoms with E-state index >= 15 is 0 Å². The number of hydrogen-bond acceptors (Lipinski definition) is 10. The molecule has 2 aliphatic heterocycles. The smallest absolute Gasteiger partial charge is 0.335 e. The van der Waals surface area contributed by atoms with E-state index in [0.717, 1.165) is 26.2 Å². The number of benzene rings is 4. The van der Waals surface area contributed by atoms with Crippen molar-refractivity contribution in [3.8, 4) is 0 Å². The standard InChI is InChI=1S/2C18H22N2S.C4H6O6/c2*1-14(12-19(2)3)13-20-15-8-4-6-10-17(15)21-18-11-7-5-9-16(18)20;5-1(3(7)8)2(6)4(9)10/h2*4-11,14H,12-13H2,1-3H3;1-2,5-6H,(H,7,8)(H,9,10). The molecule has 0 aliphatic carbocycles. The normalized spacial score (nSPS) is 15.0. The van der Waals surface area contributed by atoms with Crippen molar-refractivity contribution in [2.45, 2.75) is 45.6 Å². The van der Waals surface area contributed by atoms with Crippen LogP contribution in [0.3, 0.4) is 0 Å². The summed E-state index contributed by atoms with van der Waals surface area (Å²) in [6.07, 6.45) is -4.53. The van der Waals surface area contributed by atoms with E-state index < -0.39 is 24.1 Å². The molecule has 0 spiro atoms. The molecule has 0 aromatic heterocycles. The Morgan fingerprint density at radius 3 is 1.02 bits per heavy atom. The van der Waals surface area contributed by atoms with E-state index in [2.05, 4.69) is 159 Å². The molecule has 4 aromatic rings. The Hall–Kier alpha value is -4.04. The number of fused-ring (bicyclic) bond motifs is 4. The lowest BCUT2D eigenvalue weighted by Crippen LogP contribution is -2.39. The van der Waals surface area contributed by atoms with Crippen molar-refractivity contribution < 1.29 is 30.0 Å². The lowest BCUT2D eigenvalue weighted by molar-refractivity contribution is -0.165. The Labute approximate surface area is 315 Å². The quantitative estimate of drug-likeness (QED) is 0.128. The van der Waals surface area contributed by atoms with Gasteiger partial charge >= 0.3 is 11.9 Å². The van der Waals surface area contributed by atoms with Gasteiger partial charge in [0.1, 0.15) is 0 Å². The van der Waals surface area contributed by atoms with Gasteiger partial charge in [-0.05, 0) is 88.6 Å². The van der Waals surface area contributed by atoms with Crippen LogP contribution >= 0.6 is 23.5 Å². The summed E-state index contributed by atoms with van der Waals surface area (Å²) >= 11 is 3.75. The minimum absolute atomic E-state index is 0.615. The van der Waals surface area contributed by atoms with Gasteiger partial charge in [-0.1, -0.05) is 85.9 Å². The van der Waals surface area contributed by atoms with Crippen molar-refractivity contribution in [2.24, 2.45) is 11.8 Å². The second-order valence-corrected chi connectivity index (χ2v) is 15.8. The Kier molecular flexibility index (Phi) is 15.0. The van der Waals surface area contributed by atoms with Crippen molar-refractivity contribution in [1.29, 1.82) is 0 Å². The lowest BCUT2D eigenvalue weighted by atomic mass is 10.1. The lowest BCUT2D eigenvalue weighted by Gasteiger charge is -2.35. The third kappa shape index (κ3) is 11.0. The molecule has 0 radical (unpaired) electrons. The molecule has 0 fully saturated rings. The minimum atomic E-state index is -2.27. The topological polar surface area (TPSA) is 128 Å². The van der Waals surface area contributed by atoms with Gasteiger partial charge < -0.3 is 40.0 Å². The van der Waals surface area contributed by atoms with Crippen LogP contribution < -0.4 is 9.80 Å². The maximum absolute atomic E-state index is 9.77. The minimum Gasteiger partial charge on any atom is -0.479 e. The van der Waals surface area contributed by atoms with Crippen LogP contribution in [0, 0.1) is 11.8 Å². The van der Waals surface area contributed by atoms with Crippen LogP contribution in [0.4, 0.5) is 22.7 Å². The van der Waals surface area contributed by atoms with E-state index in [-0.39, 0.29) is 0 Å². The number of aliphatic hydroxyl groups excluding tert-OH is 2. The first kappa shape index (κ1) is 40.7. The number of rotatable bonds is 11. The molecule has 2 heterocycles. The molecule has 0 amide bonds. The Bertz CT molecular complexity index is 1570. The Balaban J connectivity index is 0.000000187. The average molecular weight is 747 g/mol. The van der Waals surface area contributed by atoms with E-state index in [9.17, 15) is 9.59 Å². The summed E-state index contributed by atoms with van der Waals surface area (Å²) in [5, 5.41) is 32.5. The molecule has 4 N–H and O–H groups in total. The Morgan fingerprint density at radius 1 is 0.538 bits per heavy atom. The van der Waals surface area contributed by atoms with Gasteiger partial charge in [0.05, 0.1) is 22.7 Å². The van der Waals surface area contributed by atoms with Gasteiger partial charge in [0, 0.05) is 45.8 Å². The zero-order chi connectivity index (χ0) is 37.9. The van der Waals surface area contributed by atoms with E-state index in [1.807, 2.05) is 23.5 Å². The molecule has 2 aliphatic rings. The molecule has 0 saturated heterocycles. The van der Waals surface area contributed by atoms with Crippen LogP contribution in [-0.4, -0.2) is 109 Å². The van der Waals surface area contributed by atoms with E-state index in [0.29, 0.717) is 11.8 Å². The number of hydrogen-bond donors (Lipinski definition) is 4. The maximum atomic E-state index is 9.77. The van der Waals surface area contributed by atoms with Crippen LogP contribution in [0.2, 0.25) is 0 Å². The van der Waals surface area contributed by atoms with Gasteiger partial charge in [0.15, 0.2) is 12.2 Å². The largest absolute Gasteiger partial charge is 0.479 e. The molecule has 12 heteroatoms. The number of aliphatic carboxylic acids is 2. The van der Waals surface area contributed by atoms with E-state index in [1.54, 1.807) is 0 Å². The third-order valence-electron chi connectivity index (χ3n) is 8.21. The molecule has 4 aromatic carbocycles. The second kappa shape index (κ2) is 19.2. The van der Waals surface area contributed by atoms with Crippen LogP contribution in [-0.2, 0) is 9.59 Å². The second-order valence-electron chi connectivity index (χ2n) is 13.6. The summed E-state index contributed by atoms with van der Waals surface area (Å²) in [5.74, 6) is -2.31. The fraction of sp³-hybridized carbons (Fsp3) is 0.350. The predicted octanol–water partition coefficient (Wildman–Crippen LogP) is 6.85. The highest BCUT2D eigenvalue weighted by Gasteiger charge is 2.29. The first-order valence-corrected chi connectivity index (χ1v) is 18.8. The van der Waals surface area contributed by atoms with Crippen molar-refractivity contribution in [1.82, 2.24) is 9.80 Å². The summed E-state index contributed by atoms with van der Waals surface area (Å²) in [4.78, 5) is 34.5. The highest BCUT2D eigenvalue weighted by atomic mass is 32.2. The molecule has 278 valence electrons. The number of para-hydroxylation sites is 4. The zero-order valence-electron chi connectivity index (χ0n) is 30.6. The molecule has 10 nitrogen and oxygen atoms in total. The molecule has 0 bridgehead atoms. The van der Waals surface area contributed by atoms with Crippen molar-refractivity contribution in [2.75, 3.05) is 64.2 Å². The zero-order valence-corrected chi connectivity index (χ0v) is 32.2. The van der Waals surface area contributed by atoms with Gasteiger partial charge in [-0.3, -0.25) is 0 Å². The summed E-state index contributed by atoms with van der Waals surface area (Å²) in [6, 6.07) is 34.9. The number of carbonyl (C=O) groups is 2. The number of anilines is 4. The summed E-state index contributed by atoms with van der Waals surface area (Å²) in [6.45, 7) is 8.96. The number of nitrogens with zero attached hydrogens (tertiary/aromatic N) is 4. The van der Waals surface area contributed by atoms with Crippen LogP contribution in [0.1, 0.15) is 13.8 Å². The number of aliphatic hydroxyl groups is 2. The highest BCUT2D eigenvalue weighted by Crippen LogP contribution is 2.49. The van der Waals surface area contributed by atoms with E-state index in [4.69, 9.17) is 20.4 Å². The number of carboxylic acid groups (broad SMARTS) is 2. The van der Waals surface area contributed by atoms with Gasteiger partial charge in [0.25, 0.3) is 0 Å². The molecule has 52 heavy (non-hydrogen) atoms. The van der Waals surface area contributed by atoms with Crippen molar-refractivity contribution in [3.05, 3.63) is 97.1 Å².